The Balaban J connectivity index is 1.95. The van der Waals surface area contributed by atoms with Crippen molar-refractivity contribution in [1.29, 1.82) is 0 Å². The highest BCUT2D eigenvalue weighted by atomic mass is 32.2. The Morgan fingerprint density at radius 2 is 2.00 bits per heavy atom. The van der Waals surface area contributed by atoms with Gasteiger partial charge in [-0.1, -0.05) is 17.7 Å². The lowest BCUT2D eigenvalue weighted by molar-refractivity contribution is -0.385. The van der Waals surface area contributed by atoms with Crippen molar-refractivity contribution in [2.75, 3.05) is 6.61 Å². The Bertz CT molecular complexity index is 737. The quantitative estimate of drug-likeness (QED) is 0.455. The smallest absolute Gasteiger partial charge is 0.264 e. The first-order chi connectivity index (χ1) is 9.88. The van der Waals surface area contributed by atoms with E-state index in [2.05, 4.69) is 5.10 Å². The predicted octanol–water partition coefficient (Wildman–Crippen LogP) is 1.51. The molecule has 8 nitrogen and oxygen atoms in total. The Morgan fingerprint density at radius 1 is 1.33 bits per heavy atom. The Kier molecular flexibility index (Phi) is 4.34. The summed E-state index contributed by atoms with van der Waals surface area (Å²) >= 11 is 0. The molecular weight excluding hydrogens is 298 g/mol. The summed E-state index contributed by atoms with van der Waals surface area (Å²) in [5, 5.41) is 14.2. The summed E-state index contributed by atoms with van der Waals surface area (Å²) in [6, 6.07) is 6.27. The van der Waals surface area contributed by atoms with Gasteiger partial charge < -0.3 is 0 Å². The second kappa shape index (κ2) is 6.02. The Labute approximate surface area is 121 Å². The lowest BCUT2D eigenvalue weighted by Gasteiger charge is -2.06. The van der Waals surface area contributed by atoms with Gasteiger partial charge in [0.2, 0.25) is 0 Å². The van der Waals surface area contributed by atoms with Crippen molar-refractivity contribution in [2.45, 2.75) is 18.4 Å². The van der Waals surface area contributed by atoms with Crippen LogP contribution >= 0.6 is 0 Å². The van der Waals surface area contributed by atoms with Crippen LogP contribution in [-0.4, -0.2) is 29.7 Å². The van der Waals surface area contributed by atoms with Crippen LogP contribution < -0.4 is 0 Å². The fourth-order valence-electron chi connectivity index (χ4n) is 1.58. The first-order valence-electron chi connectivity index (χ1n) is 6.01. The fraction of sp³-hybridized carbons (Fsp3) is 0.250. The molecule has 2 aromatic rings. The summed E-state index contributed by atoms with van der Waals surface area (Å²) in [6.45, 7) is 1.79. The van der Waals surface area contributed by atoms with Crippen LogP contribution in [0.4, 0.5) is 5.69 Å². The lowest BCUT2D eigenvalue weighted by atomic mass is 10.2. The van der Waals surface area contributed by atoms with Gasteiger partial charge in [-0.15, -0.1) is 0 Å². The average Bonchev–Trinajstić information content (AvgIpc) is 2.88. The number of aromatic nitrogens is 2. The number of hydrogen-bond acceptors (Lipinski definition) is 6. The maximum absolute atomic E-state index is 11.9. The van der Waals surface area contributed by atoms with E-state index in [-0.39, 0.29) is 23.7 Å². The third-order valence-corrected chi connectivity index (χ3v) is 4.03. The van der Waals surface area contributed by atoms with Crippen LogP contribution in [0.5, 0.6) is 0 Å². The van der Waals surface area contributed by atoms with Gasteiger partial charge in [0.05, 0.1) is 23.0 Å². The summed E-state index contributed by atoms with van der Waals surface area (Å²) in [5.74, 6) is 0. The van der Waals surface area contributed by atoms with Crippen LogP contribution in [0.25, 0.3) is 0 Å². The monoisotopic (exact) mass is 311 g/mol. The summed E-state index contributed by atoms with van der Waals surface area (Å²) in [5.41, 5.74) is 0.786. The summed E-state index contributed by atoms with van der Waals surface area (Å²) in [7, 11) is -3.83. The number of rotatable bonds is 6. The molecule has 0 amide bonds. The fourth-order valence-corrected chi connectivity index (χ4v) is 2.48. The van der Waals surface area contributed by atoms with Gasteiger partial charge in [-0.05, 0) is 19.1 Å². The molecule has 9 heteroatoms. The van der Waals surface area contributed by atoms with Crippen LogP contribution in [0.15, 0.2) is 41.6 Å². The Hall–Kier alpha value is -2.26. The van der Waals surface area contributed by atoms with Crippen molar-refractivity contribution >= 4 is 15.8 Å². The van der Waals surface area contributed by atoms with Gasteiger partial charge in [0, 0.05) is 0 Å². The number of nitrogens with zero attached hydrogens (tertiary/aromatic N) is 3. The lowest BCUT2D eigenvalue weighted by Crippen LogP contribution is -2.12. The number of benzene rings is 1. The van der Waals surface area contributed by atoms with Gasteiger partial charge in [-0.3, -0.25) is 19.0 Å². The molecule has 0 unspecified atom stereocenters. The molecule has 2 rings (SSSR count). The van der Waals surface area contributed by atoms with E-state index in [4.69, 9.17) is 4.18 Å². The number of hydrogen-bond donors (Lipinski definition) is 0. The largest absolute Gasteiger partial charge is 0.306 e. The first-order valence-corrected chi connectivity index (χ1v) is 7.42. The van der Waals surface area contributed by atoms with Crippen molar-refractivity contribution in [3.63, 3.8) is 0 Å². The van der Waals surface area contributed by atoms with Crippen LogP contribution in [0.2, 0.25) is 0 Å². The van der Waals surface area contributed by atoms with Crippen LogP contribution in [0.1, 0.15) is 5.56 Å². The van der Waals surface area contributed by atoms with E-state index >= 15 is 0 Å². The minimum atomic E-state index is -3.83. The van der Waals surface area contributed by atoms with E-state index in [0.29, 0.717) is 0 Å². The summed E-state index contributed by atoms with van der Waals surface area (Å²) in [6.07, 6.45) is 2.30. The van der Waals surface area contributed by atoms with Crippen molar-refractivity contribution in [3.8, 4) is 0 Å². The molecule has 1 aromatic heterocycles. The molecule has 0 N–H and O–H groups in total. The molecule has 0 aliphatic rings. The molecule has 0 fully saturated rings. The topological polar surface area (TPSA) is 104 Å². The number of nitro groups is 1. The second-order valence-electron chi connectivity index (χ2n) is 4.31. The van der Waals surface area contributed by atoms with E-state index in [1.807, 2.05) is 6.92 Å². The van der Waals surface area contributed by atoms with Crippen LogP contribution in [-0.2, 0) is 20.8 Å². The van der Waals surface area contributed by atoms with Gasteiger partial charge in [0.25, 0.3) is 10.1 Å². The molecule has 0 aliphatic heterocycles. The van der Waals surface area contributed by atoms with Crippen molar-refractivity contribution in [3.05, 3.63) is 52.3 Å². The standard InChI is InChI=1S/C12H13N3O5S/c1-10-2-4-12(5-3-10)21(18,19)20-7-6-14-9-11(8-13-14)15(16)17/h2-5,8-9H,6-7H2,1H3. The van der Waals surface area contributed by atoms with E-state index in [9.17, 15) is 18.5 Å². The molecule has 0 aliphatic carbocycles. The summed E-state index contributed by atoms with van der Waals surface area (Å²) < 4.78 is 29.9. The molecule has 1 heterocycles. The third-order valence-electron chi connectivity index (χ3n) is 2.70. The molecule has 112 valence electrons. The maximum Gasteiger partial charge on any atom is 0.306 e. The summed E-state index contributed by atoms with van der Waals surface area (Å²) in [4.78, 5) is 9.98. The van der Waals surface area contributed by atoms with E-state index in [1.54, 1.807) is 12.1 Å². The van der Waals surface area contributed by atoms with Crippen molar-refractivity contribution in [1.82, 2.24) is 9.78 Å². The second-order valence-corrected chi connectivity index (χ2v) is 5.92. The normalized spacial score (nSPS) is 11.5. The molecule has 0 atom stereocenters. The zero-order valence-electron chi connectivity index (χ0n) is 11.2. The highest BCUT2D eigenvalue weighted by Crippen LogP contribution is 2.13. The van der Waals surface area contributed by atoms with E-state index in [1.165, 1.54) is 23.0 Å². The molecule has 0 radical (unpaired) electrons. The number of aryl methyl sites for hydroxylation is 1. The SMILES string of the molecule is Cc1ccc(S(=O)(=O)OCCn2cc([N+](=O)[O-])cn2)cc1. The minimum absolute atomic E-state index is 0.0690. The van der Waals surface area contributed by atoms with E-state index in [0.717, 1.165) is 11.8 Å². The van der Waals surface area contributed by atoms with Gasteiger partial charge in [-0.25, -0.2) is 0 Å². The average molecular weight is 311 g/mol. The zero-order chi connectivity index (χ0) is 15.5. The van der Waals surface area contributed by atoms with Gasteiger partial charge >= 0.3 is 5.69 Å². The molecule has 0 spiro atoms. The van der Waals surface area contributed by atoms with Crippen LogP contribution in [0.3, 0.4) is 0 Å². The molecule has 0 saturated carbocycles. The molecular formula is C12H13N3O5S. The Morgan fingerprint density at radius 3 is 2.57 bits per heavy atom. The van der Waals surface area contributed by atoms with Crippen molar-refractivity contribution < 1.29 is 17.5 Å². The predicted molar refractivity (Wildman–Crippen MR) is 73.2 cm³/mol. The molecule has 0 saturated heterocycles. The highest BCUT2D eigenvalue weighted by molar-refractivity contribution is 7.86. The molecule has 21 heavy (non-hydrogen) atoms. The van der Waals surface area contributed by atoms with Gasteiger partial charge in [0.15, 0.2) is 0 Å². The maximum atomic E-state index is 11.9. The van der Waals surface area contributed by atoms with Gasteiger partial charge in [-0.2, -0.15) is 13.5 Å². The van der Waals surface area contributed by atoms with Gasteiger partial charge in [0.1, 0.15) is 12.4 Å². The zero-order valence-corrected chi connectivity index (χ0v) is 12.0. The highest BCUT2D eigenvalue weighted by Gasteiger charge is 2.15. The molecule has 0 bridgehead atoms. The minimum Gasteiger partial charge on any atom is -0.264 e. The van der Waals surface area contributed by atoms with Crippen LogP contribution in [0, 0.1) is 17.0 Å². The van der Waals surface area contributed by atoms with E-state index < -0.39 is 15.0 Å². The van der Waals surface area contributed by atoms with Crippen molar-refractivity contribution in [2.24, 2.45) is 0 Å². The first kappa shape index (κ1) is 15.1. The molecule has 1 aromatic carbocycles. The third kappa shape index (κ3) is 3.86.